The van der Waals surface area contributed by atoms with Gasteiger partial charge in [-0.15, -0.1) is 0 Å². The van der Waals surface area contributed by atoms with Crippen LogP contribution in [0.3, 0.4) is 0 Å². The molecule has 0 unspecified atom stereocenters. The molecular weight excluding hydrogens is 304 g/mol. The van der Waals surface area contributed by atoms with Crippen molar-refractivity contribution in [2.45, 2.75) is 19.8 Å². The molecule has 0 saturated carbocycles. The molecule has 0 aliphatic carbocycles. The van der Waals surface area contributed by atoms with Crippen molar-refractivity contribution in [3.63, 3.8) is 0 Å². The summed E-state index contributed by atoms with van der Waals surface area (Å²) in [5.74, 6) is 0.738. The summed E-state index contributed by atoms with van der Waals surface area (Å²) >= 11 is 3.39. The Hall–Kier alpha value is -1.29. The van der Waals surface area contributed by atoms with Crippen LogP contribution in [-0.4, -0.2) is 24.0 Å². The van der Waals surface area contributed by atoms with Crippen molar-refractivity contribution in [3.8, 4) is 0 Å². The van der Waals surface area contributed by atoms with Crippen LogP contribution < -0.4 is 5.32 Å². The second-order valence-corrected chi connectivity index (χ2v) is 5.92. The Bertz CT molecular complexity index is 448. The molecule has 0 radical (unpaired) electrons. The molecule has 3 nitrogen and oxygen atoms in total. The van der Waals surface area contributed by atoms with Crippen molar-refractivity contribution in [3.05, 3.63) is 40.5 Å². The maximum Gasteiger partial charge on any atom is 0.321 e. The maximum atomic E-state index is 11.9. The second kappa shape index (κ2) is 6.75. The van der Waals surface area contributed by atoms with Gasteiger partial charge in [-0.3, -0.25) is 0 Å². The maximum absolute atomic E-state index is 11.9. The number of nitrogens with one attached hydrogen (secondary N) is 1. The molecule has 1 saturated heterocycles. The topological polar surface area (TPSA) is 32.3 Å². The van der Waals surface area contributed by atoms with E-state index in [1.165, 1.54) is 0 Å². The van der Waals surface area contributed by atoms with Crippen molar-refractivity contribution in [1.29, 1.82) is 0 Å². The molecule has 2 rings (SSSR count). The van der Waals surface area contributed by atoms with E-state index < -0.39 is 0 Å². The summed E-state index contributed by atoms with van der Waals surface area (Å²) in [7, 11) is 0. The summed E-state index contributed by atoms with van der Waals surface area (Å²) in [5, 5.41) is 2.83. The molecule has 4 heteroatoms. The van der Waals surface area contributed by atoms with Crippen molar-refractivity contribution < 1.29 is 4.79 Å². The molecule has 102 valence electrons. The monoisotopic (exact) mass is 322 g/mol. The number of halogens is 1. The second-order valence-electron chi connectivity index (χ2n) is 5.00. The van der Waals surface area contributed by atoms with Crippen LogP contribution in [0.1, 0.15) is 25.3 Å². The van der Waals surface area contributed by atoms with E-state index in [9.17, 15) is 4.79 Å². The van der Waals surface area contributed by atoms with E-state index >= 15 is 0 Å². The van der Waals surface area contributed by atoms with Crippen LogP contribution in [0, 0.1) is 5.92 Å². The third-order valence-electron chi connectivity index (χ3n) is 3.42. The summed E-state index contributed by atoms with van der Waals surface area (Å²) in [4.78, 5) is 13.8. The lowest BCUT2D eigenvalue weighted by molar-refractivity contribution is 0.177. The van der Waals surface area contributed by atoms with Gasteiger partial charge >= 0.3 is 6.03 Å². The lowest BCUT2D eigenvalue weighted by Crippen LogP contribution is -2.42. The van der Waals surface area contributed by atoms with Crippen LogP contribution in [0.4, 0.5) is 4.79 Å². The van der Waals surface area contributed by atoms with Gasteiger partial charge in [0.1, 0.15) is 0 Å². The summed E-state index contributed by atoms with van der Waals surface area (Å²) in [6.07, 6.45) is 5.81. The molecule has 0 atom stereocenters. The standard InChI is InChI=1S/C15H19BrN2O/c1-12-7-10-18(11-8-12)15(19)17-9-6-13-2-4-14(16)5-3-13/h2-6,9,12H,7-8,10-11H2,1H3,(H,17,19)/b9-6+. The van der Waals surface area contributed by atoms with E-state index in [1.54, 1.807) is 6.20 Å². The zero-order chi connectivity index (χ0) is 13.7. The minimum absolute atomic E-state index is 0.000242. The molecule has 1 N–H and O–H groups in total. The van der Waals surface area contributed by atoms with E-state index in [4.69, 9.17) is 0 Å². The number of nitrogens with zero attached hydrogens (tertiary/aromatic N) is 1. The third kappa shape index (κ3) is 4.39. The number of benzene rings is 1. The Morgan fingerprint density at radius 1 is 1.32 bits per heavy atom. The van der Waals surface area contributed by atoms with Gasteiger partial charge in [-0.2, -0.15) is 0 Å². The quantitative estimate of drug-likeness (QED) is 0.881. The number of amides is 2. The number of carbonyl (C=O) groups excluding carboxylic acids is 1. The number of carbonyl (C=O) groups is 1. The summed E-state index contributed by atoms with van der Waals surface area (Å²) in [5.41, 5.74) is 1.07. The van der Waals surface area contributed by atoms with Gasteiger partial charge in [-0.05, 0) is 42.5 Å². The normalized spacial score (nSPS) is 16.8. The summed E-state index contributed by atoms with van der Waals surface area (Å²) < 4.78 is 1.05. The first-order valence-electron chi connectivity index (χ1n) is 6.63. The van der Waals surface area contributed by atoms with E-state index in [0.717, 1.165) is 41.9 Å². The highest BCUT2D eigenvalue weighted by Crippen LogP contribution is 2.15. The van der Waals surface area contributed by atoms with Crippen LogP contribution in [0.2, 0.25) is 0 Å². The van der Waals surface area contributed by atoms with Crippen molar-refractivity contribution in [2.24, 2.45) is 5.92 Å². The van der Waals surface area contributed by atoms with Crippen molar-refractivity contribution in [2.75, 3.05) is 13.1 Å². The summed E-state index contributed by atoms with van der Waals surface area (Å²) in [6, 6.07) is 7.95. The minimum Gasteiger partial charge on any atom is -0.325 e. The van der Waals surface area contributed by atoms with Crippen LogP contribution in [0.5, 0.6) is 0 Å². The first kappa shape index (κ1) is 14.1. The van der Waals surface area contributed by atoms with Crippen LogP contribution in [-0.2, 0) is 0 Å². The highest BCUT2D eigenvalue weighted by Gasteiger charge is 2.19. The molecule has 1 aliphatic rings. The Labute approximate surface area is 122 Å². The molecule has 1 heterocycles. The minimum atomic E-state index is 0.000242. The number of urea groups is 1. The summed E-state index contributed by atoms with van der Waals surface area (Å²) in [6.45, 7) is 3.96. The average Bonchev–Trinajstić information content (AvgIpc) is 2.41. The highest BCUT2D eigenvalue weighted by molar-refractivity contribution is 9.10. The SMILES string of the molecule is CC1CCN(C(=O)N/C=C/c2ccc(Br)cc2)CC1. The van der Waals surface area contributed by atoms with Gasteiger partial charge < -0.3 is 10.2 Å². The van der Waals surface area contributed by atoms with Crippen LogP contribution in [0.15, 0.2) is 34.9 Å². The first-order chi connectivity index (χ1) is 9.15. The van der Waals surface area contributed by atoms with E-state index in [0.29, 0.717) is 0 Å². The Balaban J connectivity index is 1.81. The number of piperidine rings is 1. The molecule has 0 bridgehead atoms. The van der Waals surface area contributed by atoms with E-state index in [2.05, 4.69) is 28.2 Å². The van der Waals surface area contributed by atoms with Gasteiger partial charge in [0.2, 0.25) is 0 Å². The Kier molecular flexibility index (Phi) is 5.02. The Morgan fingerprint density at radius 2 is 1.95 bits per heavy atom. The van der Waals surface area contributed by atoms with Crippen molar-refractivity contribution >= 4 is 28.0 Å². The average molecular weight is 323 g/mol. The fourth-order valence-corrected chi connectivity index (χ4v) is 2.35. The fraction of sp³-hybridized carbons (Fsp3) is 0.400. The van der Waals surface area contributed by atoms with Gasteiger partial charge in [0.05, 0.1) is 0 Å². The van der Waals surface area contributed by atoms with Gasteiger partial charge in [-0.25, -0.2) is 4.79 Å². The lowest BCUT2D eigenvalue weighted by atomic mass is 10.00. The predicted molar refractivity (Wildman–Crippen MR) is 81.7 cm³/mol. The molecule has 1 aromatic rings. The number of rotatable bonds is 2. The smallest absolute Gasteiger partial charge is 0.321 e. The third-order valence-corrected chi connectivity index (χ3v) is 3.95. The molecule has 19 heavy (non-hydrogen) atoms. The van der Waals surface area contributed by atoms with Crippen LogP contribution >= 0.6 is 15.9 Å². The predicted octanol–water partition coefficient (Wildman–Crippen LogP) is 3.86. The molecule has 0 spiro atoms. The number of hydrogen-bond donors (Lipinski definition) is 1. The van der Waals surface area contributed by atoms with E-state index in [-0.39, 0.29) is 6.03 Å². The van der Waals surface area contributed by atoms with Gasteiger partial charge in [-0.1, -0.05) is 35.0 Å². The molecule has 1 aromatic carbocycles. The number of hydrogen-bond acceptors (Lipinski definition) is 1. The molecule has 1 aliphatic heterocycles. The molecule has 2 amide bonds. The molecule has 0 aromatic heterocycles. The van der Waals surface area contributed by atoms with Crippen molar-refractivity contribution in [1.82, 2.24) is 10.2 Å². The fourth-order valence-electron chi connectivity index (χ4n) is 2.09. The zero-order valence-corrected chi connectivity index (χ0v) is 12.7. The largest absolute Gasteiger partial charge is 0.325 e. The molecular formula is C15H19BrN2O. The lowest BCUT2D eigenvalue weighted by Gasteiger charge is -2.29. The first-order valence-corrected chi connectivity index (χ1v) is 7.42. The molecule has 1 fully saturated rings. The zero-order valence-electron chi connectivity index (χ0n) is 11.1. The Morgan fingerprint density at radius 3 is 2.58 bits per heavy atom. The van der Waals surface area contributed by atoms with Gasteiger partial charge in [0.25, 0.3) is 0 Å². The van der Waals surface area contributed by atoms with E-state index in [1.807, 2.05) is 35.2 Å². The van der Waals surface area contributed by atoms with Crippen LogP contribution in [0.25, 0.3) is 6.08 Å². The van der Waals surface area contributed by atoms with Gasteiger partial charge in [0.15, 0.2) is 0 Å². The van der Waals surface area contributed by atoms with Gasteiger partial charge in [0, 0.05) is 23.8 Å². The highest BCUT2D eigenvalue weighted by atomic mass is 79.9. The number of likely N-dealkylation sites (tertiary alicyclic amines) is 1.